The quantitative estimate of drug-likeness (QED) is 0.270. The van der Waals surface area contributed by atoms with Gasteiger partial charge in [-0.3, -0.25) is 0 Å². The van der Waals surface area contributed by atoms with E-state index in [9.17, 15) is 0 Å². The van der Waals surface area contributed by atoms with Gasteiger partial charge in [-0.2, -0.15) is 0 Å². The number of rotatable bonds is 4. The Bertz CT molecular complexity index is 1710. The number of fused-ring (bicyclic) bond motifs is 3. The maximum atomic E-state index is 4.66. The molecule has 0 aromatic heterocycles. The van der Waals surface area contributed by atoms with E-state index >= 15 is 0 Å². The van der Waals surface area contributed by atoms with Crippen molar-refractivity contribution < 1.29 is 51.0 Å². The van der Waals surface area contributed by atoms with Gasteiger partial charge in [0.05, 0.1) is 0 Å². The van der Waals surface area contributed by atoms with Crippen molar-refractivity contribution >= 4 is 33.1 Å². The van der Waals surface area contributed by atoms with Gasteiger partial charge < -0.3 is 24.8 Å². The Hall–Kier alpha value is -3.22. The summed E-state index contributed by atoms with van der Waals surface area (Å²) < 4.78 is 0. The molecule has 0 fully saturated rings. The molecular formula is C40H30Cl2Zr. The van der Waals surface area contributed by atoms with Crippen molar-refractivity contribution in [3.05, 3.63) is 193 Å². The van der Waals surface area contributed by atoms with Gasteiger partial charge in [-0.25, -0.2) is 0 Å². The zero-order valence-corrected chi connectivity index (χ0v) is 27.6. The van der Waals surface area contributed by atoms with E-state index in [0.717, 1.165) is 0 Å². The van der Waals surface area contributed by atoms with E-state index < -0.39 is 0 Å². The molecule has 5 aromatic rings. The predicted octanol–water partition coefficient (Wildman–Crippen LogP) is 4.13. The van der Waals surface area contributed by atoms with Crippen LogP contribution in [-0.4, -0.2) is 0 Å². The minimum Gasteiger partial charge on any atom is -1.00 e. The summed E-state index contributed by atoms with van der Waals surface area (Å²) in [6.07, 6.45) is 10.8. The average Bonchev–Trinajstić information content (AvgIpc) is 3.71. The molecule has 0 spiro atoms. The second-order valence-electron chi connectivity index (χ2n) is 10.5. The van der Waals surface area contributed by atoms with Crippen LogP contribution in [0.4, 0.5) is 0 Å². The SMILES string of the molecule is [CH2]C1C(c2ccccc2)=C2C(=C1c1ccccc1)c1cccc3cccc2c13.[CH](c1ccccc1)C1C=CC=C1.[Cl-].[Cl-].[Zr+2]. The molecule has 0 amide bonds. The van der Waals surface area contributed by atoms with Crippen molar-refractivity contribution in [2.75, 3.05) is 0 Å². The summed E-state index contributed by atoms with van der Waals surface area (Å²) in [7, 11) is 0. The Balaban J connectivity index is 0.000000241. The molecule has 0 N–H and O–H groups in total. The minimum absolute atomic E-state index is 0. The van der Waals surface area contributed by atoms with Gasteiger partial charge in [0.15, 0.2) is 0 Å². The largest absolute Gasteiger partial charge is 2.00 e. The molecule has 3 aliphatic carbocycles. The Morgan fingerprint density at radius 1 is 0.512 bits per heavy atom. The van der Waals surface area contributed by atoms with Crippen LogP contribution >= 0.6 is 0 Å². The summed E-state index contributed by atoms with van der Waals surface area (Å²) in [5, 5.41) is 2.69. The van der Waals surface area contributed by atoms with E-state index in [2.05, 4.69) is 159 Å². The molecule has 208 valence electrons. The van der Waals surface area contributed by atoms with Crippen molar-refractivity contribution in [3.63, 3.8) is 0 Å². The summed E-state index contributed by atoms with van der Waals surface area (Å²) in [4.78, 5) is 0. The van der Waals surface area contributed by atoms with Crippen LogP contribution in [0.1, 0.15) is 27.8 Å². The fraction of sp³-hybridized carbons (Fsp3) is 0.0500. The van der Waals surface area contributed by atoms with Gasteiger partial charge in [0.2, 0.25) is 0 Å². The zero-order valence-electron chi connectivity index (χ0n) is 23.6. The first-order chi connectivity index (χ1) is 19.8. The molecule has 2 radical (unpaired) electrons. The first kappa shape index (κ1) is 32.7. The second-order valence-corrected chi connectivity index (χ2v) is 10.5. The molecule has 0 bridgehead atoms. The molecule has 5 aromatic carbocycles. The standard InChI is InChI=1S/C28H19.C12H11.2ClH.Zr/c1-18-24(19-10-4-2-5-11-19)27-22-16-8-14-21-15-9-17-23(26(21)22)28(27)25(18)20-12-6-3-7-13-20;1-2-6-11(7-3-1)10-12-8-4-5-9-12;;;/h2-18H,1H2;1-10,12H;2*1H;/q;;;;+2/p-2. The Labute approximate surface area is 286 Å². The molecule has 0 heterocycles. The van der Waals surface area contributed by atoms with E-state index in [4.69, 9.17) is 0 Å². The van der Waals surface area contributed by atoms with Crippen molar-refractivity contribution in [1.82, 2.24) is 0 Å². The Morgan fingerprint density at radius 2 is 0.953 bits per heavy atom. The summed E-state index contributed by atoms with van der Waals surface area (Å²) in [6.45, 7) is 4.66. The zero-order chi connectivity index (χ0) is 26.9. The second kappa shape index (κ2) is 14.5. The van der Waals surface area contributed by atoms with E-state index in [1.165, 1.54) is 60.9 Å². The van der Waals surface area contributed by atoms with E-state index in [1.54, 1.807) is 0 Å². The molecule has 0 saturated heterocycles. The molecule has 0 aliphatic heterocycles. The van der Waals surface area contributed by atoms with Gasteiger partial charge in [-0.1, -0.05) is 152 Å². The van der Waals surface area contributed by atoms with Gasteiger partial charge in [0.1, 0.15) is 0 Å². The molecular weight excluding hydrogens is 643 g/mol. The number of hydrogen-bond donors (Lipinski definition) is 0. The van der Waals surface area contributed by atoms with Crippen LogP contribution in [0.2, 0.25) is 0 Å². The van der Waals surface area contributed by atoms with Crippen LogP contribution in [0.5, 0.6) is 0 Å². The molecule has 3 heteroatoms. The van der Waals surface area contributed by atoms with Crippen molar-refractivity contribution in [1.29, 1.82) is 0 Å². The summed E-state index contributed by atoms with van der Waals surface area (Å²) in [5.41, 5.74) is 12.0. The molecule has 0 saturated carbocycles. The Morgan fingerprint density at radius 3 is 1.42 bits per heavy atom. The third-order valence-electron chi connectivity index (χ3n) is 8.06. The molecule has 8 rings (SSSR count). The smallest absolute Gasteiger partial charge is 1.00 e. The number of hydrogen-bond acceptors (Lipinski definition) is 0. The van der Waals surface area contributed by atoms with Crippen LogP contribution in [0.3, 0.4) is 0 Å². The van der Waals surface area contributed by atoms with E-state index in [-0.39, 0.29) is 56.9 Å². The van der Waals surface area contributed by atoms with E-state index in [1.807, 2.05) is 6.07 Å². The predicted molar refractivity (Wildman–Crippen MR) is 171 cm³/mol. The van der Waals surface area contributed by atoms with Crippen molar-refractivity contribution in [2.24, 2.45) is 11.8 Å². The summed E-state index contributed by atoms with van der Waals surface area (Å²) in [5.74, 6) is 0.603. The number of halogens is 2. The van der Waals surface area contributed by atoms with Crippen LogP contribution in [0.15, 0.2) is 152 Å². The fourth-order valence-electron chi connectivity index (χ4n) is 6.35. The van der Waals surface area contributed by atoms with Crippen molar-refractivity contribution in [2.45, 2.75) is 0 Å². The summed E-state index contributed by atoms with van der Waals surface area (Å²) >= 11 is 0. The average molecular weight is 673 g/mol. The molecule has 0 nitrogen and oxygen atoms in total. The first-order valence-corrected chi connectivity index (χ1v) is 14.0. The topological polar surface area (TPSA) is 0 Å². The van der Waals surface area contributed by atoms with Gasteiger partial charge in [0.25, 0.3) is 0 Å². The molecule has 43 heavy (non-hydrogen) atoms. The molecule has 3 aliphatic rings. The monoisotopic (exact) mass is 670 g/mol. The fourth-order valence-corrected chi connectivity index (χ4v) is 6.35. The number of allylic oxidation sites excluding steroid dienone is 8. The van der Waals surface area contributed by atoms with Gasteiger partial charge in [0, 0.05) is 18.3 Å². The maximum Gasteiger partial charge on any atom is 2.00 e. The maximum absolute atomic E-state index is 4.66. The normalized spacial score (nSPS) is 14.5. The molecule has 0 unspecified atom stereocenters. The third kappa shape index (κ3) is 6.23. The summed E-state index contributed by atoms with van der Waals surface area (Å²) in [6, 6.07) is 45.3. The Kier molecular flexibility index (Phi) is 11.0. The van der Waals surface area contributed by atoms with Crippen LogP contribution < -0.4 is 24.8 Å². The number of benzene rings is 5. The first-order valence-electron chi connectivity index (χ1n) is 14.0. The van der Waals surface area contributed by atoms with Crippen molar-refractivity contribution in [3.8, 4) is 0 Å². The third-order valence-corrected chi connectivity index (χ3v) is 8.06. The van der Waals surface area contributed by atoms with E-state index in [0.29, 0.717) is 5.92 Å². The van der Waals surface area contributed by atoms with Gasteiger partial charge >= 0.3 is 26.2 Å². The molecule has 0 atom stereocenters. The van der Waals surface area contributed by atoms with Crippen LogP contribution in [-0.2, 0) is 26.2 Å². The van der Waals surface area contributed by atoms with Crippen LogP contribution in [0, 0.1) is 25.2 Å². The van der Waals surface area contributed by atoms with Gasteiger partial charge in [-0.15, -0.1) is 0 Å². The minimum atomic E-state index is 0. The van der Waals surface area contributed by atoms with Crippen LogP contribution in [0.25, 0.3) is 33.1 Å². The van der Waals surface area contributed by atoms with Gasteiger partial charge in [-0.05, 0) is 67.8 Å².